The minimum Gasteiger partial charge on any atom is -0.352 e. The van der Waals surface area contributed by atoms with Crippen molar-refractivity contribution >= 4 is 34.7 Å². The van der Waals surface area contributed by atoms with Crippen molar-refractivity contribution in [1.82, 2.24) is 25.2 Å². The van der Waals surface area contributed by atoms with Gasteiger partial charge in [-0.25, -0.2) is 9.50 Å². The predicted molar refractivity (Wildman–Crippen MR) is 118 cm³/mol. The number of hydrogen-bond donors (Lipinski definition) is 3. The molecule has 2 heterocycles. The van der Waals surface area contributed by atoms with Crippen LogP contribution in [0.5, 0.6) is 0 Å². The molecule has 3 amide bonds. The van der Waals surface area contributed by atoms with Crippen LogP contribution >= 0.6 is 0 Å². The first-order valence-electron chi connectivity index (χ1n) is 10.2. The fourth-order valence-corrected chi connectivity index (χ4v) is 3.13. The molecule has 2 aromatic heterocycles. The normalized spacial score (nSPS) is 10.7. The Bertz CT molecular complexity index is 1150. The Morgan fingerprint density at radius 1 is 1.10 bits per heavy atom. The van der Waals surface area contributed by atoms with Gasteiger partial charge in [-0.15, -0.1) is 0 Å². The highest BCUT2D eigenvalue weighted by atomic mass is 16.2. The number of aryl methyl sites for hydroxylation is 2. The number of fused-ring (bicyclic) bond motifs is 1. The lowest BCUT2D eigenvalue weighted by atomic mass is 10.1. The van der Waals surface area contributed by atoms with E-state index in [1.807, 2.05) is 20.8 Å². The standard InChI is InChI=1S/C22H26N6O3/c1-5-9-23-22(31)16-11-28-19(14(16)4)20(24-12-25-28)26-17-10-15(8-7-13(17)3)21(30)27-18(29)6-2/h7-8,10-12H,5-6,9H2,1-4H3,(H,23,31)(H,24,25,26)(H,27,29,30). The average Bonchev–Trinajstić information content (AvgIpc) is 3.10. The fraction of sp³-hybridized carbons (Fsp3) is 0.318. The SMILES string of the molecule is CCCNC(=O)c1cn2ncnc(Nc3cc(C(=O)NC(=O)CC)ccc3C)c2c1C. The first kappa shape index (κ1) is 21.9. The molecule has 162 valence electrons. The molecule has 0 bridgehead atoms. The Morgan fingerprint density at radius 3 is 2.58 bits per heavy atom. The van der Waals surface area contributed by atoms with Crippen LogP contribution < -0.4 is 16.0 Å². The molecule has 31 heavy (non-hydrogen) atoms. The Labute approximate surface area is 180 Å². The molecule has 3 N–H and O–H groups in total. The third-order valence-electron chi connectivity index (χ3n) is 4.93. The highest BCUT2D eigenvalue weighted by Crippen LogP contribution is 2.27. The van der Waals surface area contributed by atoms with Gasteiger partial charge in [-0.1, -0.05) is 19.9 Å². The predicted octanol–water partition coefficient (Wildman–Crippen LogP) is 2.90. The zero-order valence-electron chi connectivity index (χ0n) is 18.1. The Morgan fingerprint density at radius 2 is 1.87 bits per heavy atom. The van der Waals surface area contributed by atoms with Gasteiger partial charge in [0.2, 0.25) is 5.91 Å². The molecule has 3 aromatic rings. The van der Waals surface area contributed by atoms with Crippen molar-refractivity contribution in [2.45, 2.75) is 40.5 Å². The molecule has 0 radical (unpaired) electrons. The van der Waals surface area contributed by atoms with Gasteiger partial charge in [0.25, 0.3) is 11.8 Å². The van der Waals surface area contributed by atoms with Gasteiger partial charge >= 0.3 is 0 Å². The zero-order valence-corrected chi connectivity index (χ0v) is 18.1. The second kappa shape index (κ2) is 9.38. The van der Waals surface area contributed by atoms with Gasteiger partial charge in [0, 0.05) is 30.4 Å². The third-order valence-corrected chi connectivity index (χ3v) is 4.93. The van der Waals surface area contributed by atoms with Crippen LogP contribution in [0.25, 0.3) is 5.52 Å². The molecule has 0 aliphatic carbocycles. The lowest BCUT2D eigenvalue weighted by Crippen LogP contribution is -2.29. The molecule has 0 saturated heterocycles. The first-order chi connectivity index (χ1) is 14.8. The van der Waals surface area contributed by atoms with Gasteiger partial charge < -0.3 is 10.6 Å². The van der Waals surface area contributed by atoms with Crippen LogP contribution in [0.3, 0.4) is 0 Å². The lowest BCUT2D eigenvalue weighted by molar-refractivity contribution is -0.119. The number of aromatic nitrogens is 3. The number of amides is 3. The Balaban J connectivity index is 1.96. The maximum atomic E-state index is 12.5. The number of nitrogens with one attached hydrogen (secondary N) is 3. The van der Waals surface area contributed by atoms with Crippen LogP contribution in [0.4, 0.5) is 11.5 Å². The molecule has 0 fully saturated rings. The smallest absolute Gasteiger partial charge is 0.257 e. The topological polar surface area (TPSA) is 117 Å². The summed E-state index contributed by atoms with van der Waals surface area (Å²) < 4.78 is 1.61. The molecule has 1 aromatic carbocycles. The van der Waals surface area contributed by atoms with E-state index in [0.29, 0.717) is 34.7 Å². The number of carbonyl (C=O) groups excluding carboxylic acids is 3. The van der Waals surface area contributed by atoms with E-state index in [-0.39, 0.29) is 18.2 Å². The van der Waals surface area contributed by atoms with E-state index >= 15 is 0 Å². The number of anilines is 2. The van der Waals surface area contributed by atoms with Crippen molar-refractivity contribution in [1.29, 1.82) is 0 Å². The number of carbonyl (C=O) groups is 3. The maximum absolute atomic E-state index is 12.5. The molecule has 3 rings (SSSR count). The van der Waals surface area contributed by atoms with E-state index in [4.69, 9.17) is 0 Å². The van der Waals surface area contributed by atoms with Crippen LogP contribution in [0.2, 0.25) is 0 Å². The maximum Gasteiger partial charge on any atom is 0.257 e. The minimum absolute atomic E-state index is 0.161. The van der Waals surface area contributed by atoms with Crippen molar-refractivity contribution in [3.05, 3.63) is 53.0 Å². The average molecular weight is 422 g/mol. The summed E-state index contributed by atoms with van der Waals surface area (Å²) in [5, 5.41) is 12.7. The van der Waals surface area contributed by atoms with Crippen molar-refractivity contribution in [3.8, 4) is 0 Å². The number of benzene rings is 1. The molecule has 9 nitrogen and oxygen atoms in total. The summed E-state index contributed by atoms with van der Waals surface area (Å²) in [6.45, 7) is 8.01. The summed E-state index contributed by atoms with van der Waals surface area (Å²) in [7, 11) is 0. The molecule has 0 atom stereocenters. The summed E-state index contributed by atoms with van der Waals surface area (Å²) in [6, 6.07) is 5.12. The van der Waals surface area contributed by atoms with Crippen molar-refractivity contribution in [3.63, 3.8) is 0 Å². The van der Waals surface area contributed by atoms with Crippen LogP contribution in [-0.4, -0.2) is 38.9 Å². The highest BCUT2D eigenvalue weighted by Gasteiger charge is 2.18. The zero-order chi connectivity index (χ0) is 22.5. The third kappa shape index (κ3) is 4.71. The lowest BCUT2D eigenvalue weighted by Gasteiger charge is -2.12. The monoisotopic (exact) mass is 422 g/mol. The van der Waals surface area contributed by atoms with Gasteiger partial charge in [0.1, 0.15) is 11.8 Å². The van der Waals surface area contributed by atoms with Crippen LogP contribution in [-0.2, 0) is 4.79 Å². The van der Waals surface area contributed by atoms with E-state index < -0.39 is 5.91 Å². The van der Waals surface area contributed by atoms with Gasteiger partial charge in [0.15, 0.2) is 5.82 Å². The summed E-state index contributed by atoms with van der Waals surface area (Å²) in [6.07, 6.45) is 4.14. The van der Waals surface area contributed by atoms with Gasteiger partial charge in [-0.2, -0.15) is 5.10 Å². The second-order valence-corrected chi connectivity index (χ2v) is 7.21. The highest BCUT2D eigenvalue weighted by molar-refractivity contribution is 6.05. The summed E-state index contributed by atoms with van der Waals surface area (Å²) in [5.74, 6) is -0.453. The Hall–Kier alpha value is -3.75. The van der Waals surface area contributed by atoms with Crippen LogP contribution in [0.1, 0.15) is 58.5 Å². The van der Waals surface area contributed by atoms with Crippen molar-refractivity contribution in [2.24, 2.45) is 0 Å². The molecular weight excluding hydrogens is 396 g/mol. The fourth-order valence-electron chi connectivity index (χ4n) is 3.13. The molecule has 9 heteroatoms. The second-order valence-electron chi connectivity index (χ2n) is 7.21. The van der Waals surface area contributed by atoms with Gasteiger partial charge in [-0.3, -0.25) is 19.7 Å². The van der Waals surface area contributed by atoms with Crippen molar-refractivity contribution < 1.29 is 14.4 Å². The van der Waals surface area contributed by atoms with E-state index in [2.05, 4.69) is 26.0 Å². The Kier molecular flexibility index (Phi) is 6.64. The van der Waals surface area contributed by atoms with Crippen molar-refractivity contribution in [2.75, 3.05) is 11.9 Å². The van der Waals surface area contributed by atoms with E-state index in [1.165, 1.54) is 6.33 Å². The molecule has 0 aliphatic heterocycles. The van der Waals surface area contributed by atoms with Crippen LogP contribution in [0, 0.1) is 13.8 Å². The molecule has 0 spiro atoms. The summed E-state index contributed by atoms with van der Waals surface area (Å²) in [5.41, 5.74) is 3.85. The summed E-state index contributed by atoms with van der Waals surface area (Å²) >= 11 is 0. The largest absolute Gasteiger partial charge is 0.352 e. The quantitative estimate of drug-likeness (QED) is 0.539. The van der Waals surface area contributed by atoms with Crippen LogP contribution in [0.15, 0.2) is 30.7 Å². The summed E-state index contributed by atoms with van der Waals surface area (Å²) in [4.78, 5) is 40.7. The minimum atomic E-state index is -0.462. The van der Waals surface area contributed by atoms with Gasteiger partial charge in [-0.05, 0) is 43.5 Å². The molecule has 0 aliphatic rings. The van der Waals surface area contributed by atoms with Gasteiger partial charge in [0.05, 0.1) is 5.56 Å². The molecule has 0 saturated carbocycles. The number of hydrogen-bond acceptors (Lipinski definition) is 6. The van der Waals surface area contributed by atoms with E-state index in [9.17, 15) is 14.4 Å². The molecular formula is C22H26N6O3. The number of nitrogens with zero attached hydrogens (tertiary/aromatic N) is 3. The first-order valence-corrected chi connectivity index (χ1v) is 10.2. The number of rotatable bonds is 7. The number of imide groups is 1. The van der Waals surface area contributed by atoms with E-state index in [1.54, 1.807) is 35.8 Å². The molecule has 0 unspecified atom stereocenters. The van der Waals surface area contributed by atoms with E-state index in [0.717, 1.165) is 17.5 Å².